The highest BCUT2D eigenvalue weighted by atomic mass is 32.1. The summed E-state index contributed by atoms with van der Waals surface area (Å²) in [6.07, 6.45) is -5.45. The zero-order chi connectivity index (χ0) is 31.8. The van der Waals surface area contributed by atoms with E-state index in [1.165, 1.54) is 35.6 Å². The van der Waals surface area contributed by atoms with Crippen molar-refractivity contribution in [2.75, 3.05) is 17.2 Å². The number of benzene rings is 1. The van der Waals surface area contributed by atoms with E-state index in [-0.39, 0.29) is 24.0 Å². The van der Waals surface area contributed by atoms with Crippen molar-refractivity contribution in [3.8, 4) is 16.3 Å². The Bertz CT molecular complexity index is 1650. The van der Waals surface area contributed by atoms with E-state index >= 15 is 0 Å². The Kier molecular flexibility index (Phi) is 8.90. The quantitative estimate of drug-likeness (QED) is 0.178. The maximum absolute atomic E-state index is 12.6. The molecule has 0 radical (unpaired) electrons. The lowest BCUT2D eigenvalue weighted by atomic mass is 10.0. The molecule has 1 aromatic carbocycles. The van der Waals surface area contributed by atoms with Crippen molar-refractivity contribution in [3.63, 3.8) is 0 Å². The van der Waals surface area contributed by atoms with E-state index in [9.17, 15) is 28.2 Å². The van der Waals surface area contributed by atoms with Crippen LogP contribution in [0.25, 0.3) is 20.8 Å². The molecule has 1 amide bonds. The number of ether oxygens (including phenoxy) is 1. The Morgan fingerprint density at radius 3 is 2.48 bits per heavy atom. The molecule has 1 fully saturated rings. The van der Waals surface area contributed by atoms with Gasteiger partial charge in [-0.1, -0.05) is 12.1 Å². The van der Waals surface area contributed by atoms with Crippen molar-refractivity contribution in [2.24, 2.45) is 5.92 Å². The molecule has 3 heterocycles. The second-order valence-electron chi connectivity index (χ2n) is 10.6. The molecule has 0 spiro atoms. The van der Waals surface area contributed by atoms with Crippen LogP contribution in [0.15, 0.2) is 36.5 Å². The number of anilines is 2. The lowest BCUT2D eigenvalue weighted by molar-refractivity contribution is -0.274. The number of aliphatic hydroxyl groups is 2. The van der Waals surface area contributed by atoms with Crippen LogP contribution in [0.2, 0.25) is 0 Å². The van der Waals surface area contributed by atoms with Gasteiger partial charge in [0.2, 0.25) is 11.9 Å². The van der Waals surface area contributed by atoms with Gasteiger partial charge in [0.25, 0.3) is 0 Å². The summed E-state index contributed by atoms with van der Waals surface area (Å²) in [5.41, 5.74) is 3.30. The molecule has 1 aliphatic carbocycles. The number of amides is 1. The lowest BCUT2D eigenvalue weighted by Gasteiger charge is -2.22. The summed E-state index contributed by atoms with van der Waals surface area (Å²) in [5.74, 6) is -0.949. The summed E-state index contributed by atoms with van der Waals surface area (Å²) in [6, 6.07) is 6.21. The number of hydrogen-bond acceptors (Lipinski definition) is 11. The first-order chi connectivity index (χ1) is 20.8. The van der Waals surface area contributed by atoms with E-state index in [1.54, 1.807) is 27.0 Å². The van der Waals surface area contributed by atoms with Gasteiger partial charge < -0.3 is 30.9 Å². The van der Waals surface area contributed by atoms with Crippen LogP contribution in [0.5, 0.6) is 5.75 Å². The number of thiazole rings is 1. The monoisotopic (exact) mass is 631 g/mol. The van der Waals surface area contributed by atoms with E-state index in [2.05, 4.69) is 30.7 Å². The molecule has 4 aromatic rings. The first kappa shape index (κ1) is 31.3. The second-order valence-corrected chi connectivity index (χ2v) is 11.6. The smallest absolute Gasteiger partial charge is 0.406 e. The second kappa shape index (κ2) is 12.5. The summed E-state index contributed by atoms with van der Waals surface area (Å²) in [5, 5.41) is 31.3. The minimum atomic E-state index is -4.79. The third-order valence-corrected chi connectivity index (χ3v) is 8.48. The molecule has 0 bridgehead atoms. The summed E-state index contributed by atoms with van der Waals surface area (Å²) in [6.45, 7) is 7.62. The topological polar surface area (TPSA) is 154 Å². The minimum absolute atomic E-state index is 0.158. The zero-order valence-electron chi connectivity index (χ0n) is 24.3. The number of carbonyl (C=O) groups is 1. The summed E-state index contributed by atoms with van der Waals surface area (Å²) >= 11 is 1.43. The Labute approximate surface area is 254 Å². The highest BCUT2D eigenvalue weighted by Crippen LogP contribution is 2.39. The number of nitrogens with one attached hydrogen (secondary N) is 3. The number of aromatic nitrogens is 4. The Morgan fingerprint density at radius 2 is 1.82 bits per heavy atom. The Balaban J connectivity index is 1.48. The van der Waals surface area contributed by atoms with E-state index in [0.29, 0.717) is 34.2 Å². The molecule has 11 nitrogen and oxygen atoms in total. The predicted molar refractivity (Wildman–Crippen MR) is 159 cm³/mol. The predicted octanol–water partition coefficient (Wildman–Crippen LogP) is 4.50. The van der Waals surface area contributed by atoms with Crippen LogP contribution in [-0.4, -0.2) is 67.2 Å². The SMILES string of the molecule is CCNC(=O)C1CC(Nc2nc(NC(C)c3ccc(OC(F)(F)F)cc3)nc(C)c2-c2nc3c(C)nccc3s2)C(O)C1O. The molecular weight excluding hydrogens is 599 g/mol. The molecule has 15 heteroatoms. The number of hydrogen-bond donors (Lipinski definition) is 5. The van der Waals surface area contributed by atoms with Crippen molar-refractivity contribution >= 4 is 39.2 Å². The molecule has 3 aromatic heterocycles. The van der Waals surface area contributed by atoms with Gasteiger partial charge in [0.05, 0.1) is 45.8 Å². The Hall–Kier alpha value is -4.08. The molecule has 5 rings (SSSR count). The van der Waals surface area contributed by atoms with Gasteiger partial charge in [-0.2, -0.15) is 4.98 Å². The number of carbonyl (C=O) groups excluding carboxylic acids is 1. The molecule has 5 unspecified atom stereocenters. The number of pyridine rings is 1. The molecule has 0 aliphatic heterocycles. The average Bonchev–Trinajstić information content (AvgIpc) is 3.50. The van der Waals surface area contributed by atoms with Crippen LogP contribution in [-0.2, 0) is 4.79 Å². The summed E-state index contributed by atoms with van der Waals surface area (Å²) < 4.78 is 42.6. The molecule has 234 valence electrons. The van der Waals surface area contributed by atoms with Gasteiger partial charge in [-0.05, 0) is 57.9 Å². The number of aryl methyl sites for hydroxylation is 2. The zero-order valence-corrected chi connectivity index (χ0v) is 25.1. The lowest BCUT2D eigenvalue weighted by Crippen LogP contribution is -2.39. The fourth-order valence-corrected chi connectivity index (χ4v) is 6.35. The van der Waals surface area contributed by atoms with Crippen LogP contribution >= 0.6 is 11.3 Å². The number of alkyl halides is 3. The van der Waals surface area contributed by atoms with Gasteiger partial charge in [0, 0.05) is 12.7 Å². The van der Waals surface area contributed by atoms with Crippen LogP contribution in [0.4, 0.5) is 24.9 Å². The summed E-state index contributed by atoms with van der Waals surface area (Å²) in [7, 11) is 0. The highest BCUT2D eigenvalue weighted by Gasteiger charge is 2.45. The van der Waals surface area contributed by atoms with Gasteiger partial charge >= 0.3 is 6.36 Å². The van der Waals surface area contributed by atoms with Gasteiger partial charge in [-0.25, -0.2) is 9.97 Å². The molecule has 0 saturated heterocycles. The number of aliphatic hydroxyl groups excluding tert-OH is 2. The van der Waals surface area contributed by atoms with Crippen LogP contribution in [0.3, 0.4) is 0 Å². The average molecular weight is 632 g/mol. The van der Waals surface area contributed by atoms with Crippen LogP contribution in [0, 0.1) is 19.8 Å². The summed E-state index contributed by atoms with van der Waals surface area (Å²) in [4.78, 5) is 31.0. The molecule has 1 aliphatic rings. The van der Waals surface area contributed by atoms with E-state index < -0.39 is 36.6 Å². The van der Waals surface area contributed by atoms with Crippen molar-refractivity contribution in [1.29, 1.82) is 0 Å². The third kappa shape index (κ3) is 6.69. The van der Waals surface area contributed by atoms with Gasteiger partial charge in [-0.15, -0.1) is 24.5 Å². The molecule has 5 N–H and O–H groups in total. The minimum Gasteiger partial charge on any atom is -0.406 e. The first-order valence-corrected chi connectivity index (χ1v) is 14.8. The standard InChI is InChI=1S/C29H32F3N7O4S/c1-5-33-26(42)18-12-19(24(41)23(18)40)37-25-21(27-38-22-15(4)34-11-10-20(22)44-27)14(3)36-28(39-25)35-13(2)16-6-8-17(9-7-16)43-29(30,31)32/h6-11,13,18-19,23-24,40-41H,5,12H2,1-4H3,(H,33,42)(H2,35,36,37,39). The van der Waals surface area contributed by atoms with E-state index in [0.717, 1.165) is 15.9 Å². The van der Waals surface area contributed by atoms with Gasteiger partial charge in [0.1, 0.15) is 28.2 Å². The number of fused-ring (bicyclic) bond motifs is 1. The first-order valence-electron chi connectivity index (χ1n) is 14.0. The van der Waals surface area contributed by atoms with Crippen molar-refractivity contribution < 1.29 is 32.9 Å². The molecule has 5 atom stereocenters. The van der Waals surface area contributed by atoms with Crippen LogP contribution < -0.4 is 20.7 Å². The number of halogens is 3. The Morgan fingerprint density at radius 1 is 1.09 bits per heavy atom. The largest absolute Gasteiger partial charge is 0.573 e. The third-order valence-electron chi connectivity index (χ3n) is 7.45. The van der Waals surface area contributed by atoms with E-state index in [4.69, 9.17) is 9.97 Å². The van der Waals surface area contributed by atoms with Gasteiger partial charge in [-0.3, -0.25) is 9.78 Å². The molecule has 1 saturated carbocycles. The van der Waals surface area contributed by atoms with Crippen molar-refractivity contribution in [1.82, 2.24) is 25.3 Å². The number of rotatable bonds is 9. The molecular formula is C29H32F3N7O4S. The fourth-order valence-electron chi connectivity index (χ4n) is 5.24. The highest BCUT2D eigenvalue weighted by molar-refractivity contribution is 7.21. The maximum Gasteiger partial charge on any atom is 0.573 e. The number of nitrogens with zero attached hydrogens (tertiary/aromatic N) is 4. The van der Waals surface area contributed by atoms with Crippen LogP contribution in [0.1, 0.15) is 43.3 Å². The van der Waals surface area contributed by atoms with Gasteiger partial charge in [0.15, 0.2) is 0 Å². The van der Waals surface area contributed by atoms with Crippen molar-refractivity contribution in [2.45, 2.75) is 64.8 Å². The maximum atomic E-state index is 12.6. The molecule has 44 heavy (non-hydrogen) atoms. The van der Waals surface area contributed by atoms with E-state index in [1.807, 2.05) is 13.0 Å². The fraction of sp³-hybridized carbons (Fsp3) is 0.414. The van der Waals surface area contributed by atoms with Crippen molar-refractivity contribution in [3.05, 3.63) is 53.5 Å². The normalized spacial score (nSPS) is 20.8.